The molecule has 2 heterocycles. The number of aryl methyl sites for hydroxylation is 1. The van der Waals surface area contributed by atoms with Crippen LogP contribution in [0, 0.1) is 10.5 Å². The molecule has 80 valence electrons. The maximum atomic E-state index is 11.6. The topological polar surface area (TPSA) is 59.2 Å². The number of carbonyl (C=O) groups excluding carboxylic acids is 1. The largest absolute Gasteiger partial charge is 0.326 e. The minimum absolute atomic E-state index is 0.0566. The van der Waals surface area contributed by atoms with Gasteiger partial charge in [-0.1, -0.05) is 0 Å². The first-order chi connectivity index (χ1) is 7.08. The van der Waals surface area contributed by atoms with Gasteiger partial charge < -0.3 is 5.73 Å². The number of nitrogens with two attached hydrogens (primary N) is 1. The Hall–Kier alpha value is -0.690. The first kappa shape index (κ1) is 10.8. The van der Waals surface area contributed by atoms with Crippen LogP contribution in [0.2, 0.25) is 0 Å². The lowest BCUT2D eigenvalue weighted by Crippen LogP contribution is -2.28. The van der Waals surface area contributed by atoms with Gasteiger partial charge in [0.1, 0.15) is 5.82 Å². The van der Waals surface area contributed by atoms with E-state index in [4.69, 9.17) is 5.73 Å². The first-order valence-electron chi connectivity index (χ1n) is 4.76. The van der Waals surface area contributed by atoms with Crippen LogP contribution in [0.15, 0.2) is 12.3 Å². The van der Waals surface area contributed by atoms with Gasteiger partial charge in [0, 0.05) is 28.8 Å². The van der Waals surface area contributed by atoms with E-state index in [1.54, 1.807) is 11.1 Å². The molecule has 0 bridgehead atoms. The second-order valence-corrected chi connectivity index (χ2v) is 4.92. The molecule has 0 aliphatic carbocycles. The number of rotatable bonds is 1. The van der Waals surface area contributed by atoms with Crippen LogP contribution in [0.5, 0.6) is 0 Å². The van der Waals surface area contributed by atoms with Crippen molar-refractivity contribution in [2.45, 2.75) is 19.4 Å². The predicted octanol–water partition coefficient (Wildman–Crippen LogP) is 1.06. The summed E-state index contributed by atoms with van der Waals surface area (Å²) in [6.45, 7) is 2.58. The molecule has 0 radical (unpaired) electrons. The molecule has 1 atom stereocenters. The highest BCUT2D eigenvalue weighted by molar-refractivity contribution is 14.1. The van der Waals surface area contributed by atoms with E-state index < -0.39 is 0 Å². The van der Waals surface area contributed by atoms with Crippen LogP contribution < -0.4 is 10.6 Å². The molecule has 4 nitrogen and oxygen atoms in total. The normalized spacial score (nSPS) is 21.1. The number of anilines is 1. The van der Waals surface area contributed by atoms with Crippen molar-refractivity contribution < 1.29 is 4.79 Å². The fourth-order valence-corrected chi connectivity index (χ4v) is 1.92. The third kappa shape index (κ3) is 2.12. The van der Waals surface area contributed by atoms with E-state index in [1.807, 2.05) is 13.0 Å². The molecule has 1 aromatic heterocycles. The Bertz CT molecular complexity index is 408. The maximum absolute atomic E-state index is 11.6. The van der Waals surface area contributed by atoms with Crippen LogP contribution in [0.1, 0.15) is 12.0 Å². The van der Waals surface area contributed by atoms with Gasteiger partial charge >= 0.3 is 0 Å². The van der Waals surface area contributed by atoms with Crippen LogP contribution in [-0.4, -0.2) is 23.5 Å². The molecule has 1 aliphatic heterocycles. The van der Waals surface area contributed by atoms with Crippen molar-refractivity contribution in [3.05, 3.63) is 21.4 Å². The van der Waals surface area contributed by atoms with Gasteiger partial charge in [0.25, 0.3) is 0 Å². The van der Waals surface area contributed by atoms with Gasteiger partial charge in [0.15, 0.2) is 0 Å². The molecule has 0 saturated carbocycles. The van der Waals surface area contributed by atoms with Crippen molar-refractivity contribution in [3.8, 4) is 0 Å². The predicted molar refractivity (Wildman–Crippen MR) is 66.6 cm³/mol. The number of hydrogen-bond acceptors (Lipinski definition) is 3. The highest BCUT2D eigenvalue weighted by Crippen LogP contribution is 2.21. The molecule has 1 aliphatic rings. The van der Waals surface area contributed by atoms with E-state index >= 15 is 0 Å². The zero-order valence-corrected chi connectivity index (χ0v) is 10.6. The molecular weight excluding hydrogens is 305 g/mol. The van der Waals surface area contributed by atoms with Crippen molar-refractivity contribution in [1.29, 1.82) is 0 Å². The number of amides is 1. The second-order valence-electron chi connectivity index (χ2n) is 3.76. The van der Waals surface area contributed by atoms with Gasteiger partial charge in [-0.3, -0.25) is 9.69 Å². The van der Waals surface area contributed by atoms with Gasteiger partial charge in [-0.05, 0) is 41.1 Å². The molecule has 2 rings (SSSR count). The van der Waals surface area contributed by atoms with E-state index in [9.17, 15) is 4.79 Å². The van der Waals surface area contributed by atoms with E-state index in [2.05, 4.69) is 27.6 Å². The smallest absolute Gasteiger partial charge is 0.229 e. The lowest BCUT2D eigenvalue weighted by Gasteiger charge is -2.15. The number of aromatic nitrogens is 1. The standard InChI is InChI=1S/C10H12IN3O/c1-6-2-9(13-4-8(6)11)14-5-7(12)3-10(14)15/h2,4,7H,3,5,12H2,1H3. The zero-order chi connectivity index (χ0) is 11.0. The summed E-state index contributed by atoms with van der Waals surface area (Å²) < 4.78 is 1.10. The molecule has 1 saturated heterocycles. The quantitative estimate of drug-likeness (QED) is 0.788. The average molecular weight is 317 g/mol. The molecule has 2 N–H and O–H groups in total. The summed E-state index contributed by atoms with van der Waals surface area (Å²) in [6, 6.07) is 1.87. The monoisotopic (exact) mass is 317 g/mol. The third-order valence-corrected chi connectivity index (χ3v) is 3.59. The molecule has 1 amide bonds. The maximum Gasteiger partial charge on any atom is 0.229 e. The number of hydrogen-bond donors (Lipinski definition) is 1. The number of halogens is 1. The minimum Gasteiger partial charge on any atom is -0.326 e. The Balaban J connectivity index is 2.30. The Kier molecular flexibility index (Phi) is 2.92. The SMILES string of the molecule is Cc1cc(N2CC(N)CC2=O)ncc1I. The van der Waals surface area contributed by atoms with Gasteiger partial charge in [0.2, 0.25) is 5.91 Å². The van der Waals surface area contributed by atoms with Crippen molar-refractivity contribution in [2.24, 2.45) is 5.73 Å². The third-order valence-electron chi connectivity index (χ3n) is 2.46. The van der Waals surface area contributed by atoms with Crippen molar-refractivity contribution >= 4 is 34.3 Å². The average Bonchev–Trinajstić information content (AvgIpc) is 2.50. The summed E-state index contributed by atoms with van der Waals surface area (Å²) in [5, 5.41) is 0. The molecule has 0 spiro atoms. The zero-order valence-electron chi connectivity index (χ0n) is 8.40. The van der Waals surface area contributed by atoms with Gasteiger partial charge in [-0.2, -0.15) is 0 Å². The lowest BCUT2D eigenvalue weighted by molar-refractivity contribution is -0.117. The van der Waals surface area contributed by atoms with E-state index in [1.165, 1.54) is 0 Å². The summed E-state index contributed by atoms with van der Waals surface area (Å²) in [6.07, 6.45) is 2.20. The van der Waals surface area contributed by atoms with Crippen LogP contribution in [0.4, 0.5) is 5.82 Å². The van der Waals surface area contributed by atoms with Crippen molar-refractivity contribution in [2.75, 3.05) is 11.4 Å². The van der Waals surface area contributed by atoms with Crippen LogP contribution >= 0.6 is 22.6 Å². The van der Waals surface area contributed by atoms with Crippen molar-refractivity contribution in [3.63, 3.8) is 0 Å². The fourth-order valence-electron chi connectivity index (χ4n) is 1.63. The van der Waals surface area contributed by atoms with Crippen molar-refractivity contribution in [1.82, 2.24) is 4.98 Å². The number of nitrogens with zero attached hydrogens (tertiary/aromatic N) is 2. The lowest BCUT2D eigenvalue weighted by atomic mass is 10.3. The van der Waals surface area contributed by atoms with Gasteiger partial charge in [-0.15, -0.1) is 0 Å². The van der Waals surface area contributed by atoms with E-state index in [-0.39, 0.29) is 11.9 Å². The molecule has 1 fully saturated rings. The molecule has 1 unspecified atom stereocenters. The van der Waals surface area contributed by atoms with Gasteiger partial charge in [-0.25, -0.2) is 4.98 Å². The Labute approximate surface area is 102 Å². The number of pyridine rings is 1. The Morgan fingerprint density at radius 3 is 2.93 bits per heavy atom. The van der Waals surface area contributed by atoms with Gasteiger partial charge in [0.05, 0.1) is 0 Å². The molecule has 15 heavy (non-hydrogen) atoms. The second kappa shape index (κ2) is 4.05. The van der Waals surface area contributed by atoms with Crippen LogP contribution in [0.25, 0.3) is 0 Å². The summed E-state index contributed by atoms with van der Waals surface area (Å²) in [5.74, 6) is 0.779. The van der Waals surface area contributed by atoms with Crippen LogP contribution in [-0.2, 0) is 4.79 Å². The van der Waals surface area contributed by atoms with E-state index in [0.717, 1.165) is 9.13 Å². The van der Waals surface area contributed by atoms with E-state index in [0.29, 0.717) is 18.8 Å². The summed E-state index contributed by atoms with van der Waals surface area (Å²) >= 11 is 2.22. The fraction of sp³-hybridized carbons (Fsp3) is 0.400. The first-order valence-corrected chi connectivity index (χ1v) is 5.84. The molecule has 0 aromatic carbocycles. The molecular formula is C10H12IN3O. The summed E-state index contributed by atoms with van der Waals surface area (Å²) in [7, 11) is 0. The Morgan fingerprint density at radius 1 is 1.67 bits per heavy atom. The highest BCUT2D eigenvalue weighted by atomic mass is 127. The Morgan fingerprint density at radius 2 is 2.40 bits per heavy atom. The number of carbonyl (C=O) groups is 1. The minimum atomic E-state index is -0.0566. The van der Waals surface area contributed by atoms with Crippen LogP contribution in [0.3, 0.4) is 0 Å². The summed E-state index contributed by atoms with van der Waals surface area (Å²) in [4.78, 5) is 17.5. The summed E-state index contributed by atoms with van der Waals surface area (Å²) in [5.41, 5.74) is 6.86. The highest BCUT2D eigenvalue weighted by Gasteiger charge is 2.28. The molecule has 1 aromatic rings. The molecule has 5 heteroatoms.